The summed E-state index contributed by atoms with van der Waals surface area (Å²) in [6.07, 6.45) is 10.8. The fourth-order valence-electron chi connectivity index (χ4n) is 10.7. The van der Waals surface area contributed by atoms with E-state index in [1.54, 1.807) is 41.3 Å². The molecule has 0 saturated heterocycles. The van der Waals surface area contributed by atoms with Crippen LogP contribution in [-0.4, -0.2) is 75.9 Å². The van der Waals surface area contributed by atoms with Gasteiger partial charge in [0.1, 0.15) is 24.1 Å². The van der Waals surface area contributed by atoms with E-state index >= 15 is 4.79 Å². The molecule has 0 spiro atoms. The molecule has 6 atom stereocenters. The predicted octanol–water partition coefficient (Wildman–Crippen LogP) is 10.4. The van der Waals surface area contributed by atoms with E-state index in [1.807, 2.05) is 85.8 Å². The molecule has 5 aromatic carbocycles. The number of aliphatic hydroxyl groups excluding tert-OH is 2. The number of nitro benzene ring substituents is 1. The van der Waals surface area contributed by atoms with E-state index in [0.29, 0.717) is 48.6 Å². The van der Waals surface area contributed by atoms with Gasteiger partial charge in [-0.3, -0.25) is 14.9 Å². The molecule has 2 aliphatic carbocycles. The van der Waals surface area contributed by atoms with E-state index in [9.17, 15) is 25.1 Å². The lowest BCUT2D eigenvalue weighted by molar-refractivity contribution is -0.384. The number of hydrogen-bond donors (Lipinski definition) is 3. The van der Waals surface area contributed by atoms with Crippen molar-refractivity contribution in [1.29, 1.82) is 0 Å². The Bertz CT molecular complexity index is 2750. The Balaban J connectivity index is 1.36. The van der Waals surface area contributed by atoms with Gasteiger partial charge in [0, 0.05) is 62.4 Å². The van der Waals surface area contributed by atoms with E-state index in [1.165, 1.54) is 18.2 Å². The fourth-order valence-corrected chi connectivity index (χ4v) is 10.7. The van der Waals surface area contributed by atoms with Crippen LogP contribution in [0.25, 0.3) is 16.8 Å². The van der Waals surface area contributed by atoms with Gasteiger partial charge in [0.15, 0.2) is 0 Å². The summed E-state index contributed by atoms with van der Waals surface area (Å²) in [7, 11) is 0. The molecule has 14 heteroatoms. The molecule has 3 N–H and O–H groups in total. The Kier molecular flexibility index (Phi) is 16.7. The number of carbonyl (C=O) groups is 2. The van der Waals surface area contributed by atoms with Crippen LogP contribution in [0.5, 0.6) is 11.5 Å². The quantitative estimate of drug-likeness (QED) is 0.0198. The van der Waals surface area contributed by atoms with Gasteiger partial charge in [0.05, 0.1) is 23.2 Å². The monoisotopic (exact) mass is 962 g/mol. The van der Waals surface area contributed by atoms with E-state index in [0.717, 1.165) is 52.3 Å². The van der Waals surface area contributed by atoms with Crippen LogP contribution in [0.4, 0.5) is 10.5 Å². The lowest BCUT2D eigenvalue weighted by Crippen LogP contribution is -2.70. The average Bonchev–Trinajstić information content (AvgIpc) is 3.38. The smallest absolute Gasteiger partial charge is 0.412 e. The van der Waals surface area contributed by atoms with Crippen LogP contribution in [0.15, 0.2) is 151 Å². The van der Waals surface area contributed by atoms with Crippen molar-refractivity contribution >= 4 is 40.2 Å². The molecule has 3 aliphatic rings. The van der Waals surface area contributed by atoms with E-state index in [4.69, 9.17) is 24.2 Å². The highest BCUT2D eigenvalue weighted by molar-refractivity contribution is 6.03. The molecule has 8 rings (SSSR count). The van der Waals surface area contributed by atoms with Gasteiger partial charge in [-0.2, -0.15) is 0 Å². The van der Waals surface area contributed by atoms with Crippen molar-refractivity contribution in [3.05, 3.63) is 178 Å². The first-order chi connectivity index (χ1) is 34.7. The molecule has 1 fully saturated rings. The highest BCUT2D eigenvalue weighted by Gasteiger charge is 2.65. The number of fused-ring (bicyclic) bond motifs is 3. The molecule has 1 saturated carbocycles. The van der Waals surface area contributed by atoms with Gasteiger partial charge in [-0.25, -0.2) is 4.79 Å². The maximum Gasteiger partial charge on any atom is 0.412 e. The number of nitro groups is 1. The van der Waals surface area contributed by atoms with Gasteiger partial charge >= 0.3 is 6.09 Å². The Labute approximate surface area is 414 Å². The molecule has 0 radical (unpaired) electrons. The third kappa shape index (κ3) is 11.4. The number of allylic oxidation sites excluding steroid dienone is 1. The predicted molar refractivity (Wildman–Crippen MR) is 273 cm³/mol. The van der Waals surface area contributed by atoms with Crippen molar-refractivity contribution in [3.8, 4) is 11.5 Å². The molecule has 1 aliphatic heterocycles. The maximum absolute atomic E-state index is 15.5. The van der Waals surface area contributed by atoms with Gasteiger partial charge < -0.3 is 39.5 Å². The number of amides is 2. The number of nitrogens with zero attached hydrogens (tertiary/aromatic N) is 3. The third-order valence-electron chi connectivity index (χ3n) is 13.8. The summed E-state index contributed by atoms with van der Waals surface area (Å²) in [5, 5.41) is 41.3. The number of rotatable bonds is 22. The topological polar surface area (TPSA) is 182 Å². The van der Waals surface area contributed by atoms with E-state index in [-0.39, 0.29) is 68.7 Å². The van der Waals surface area contributed by atoms with Crippen molar-refractivity contribution in [3.63, 3.8) is 0 Å². The zero-order chi connectivity index (χ0) is 49.7. The molecule has 370 valence electrons. The Morgan fingerprint density at radius 2 is 1.69 bits per heavy atom. The molecule has 2 amide bonds. The van der Waals surface area contributed by atoms with Crippen LogP contribution in [0, 0.1) is 27.9 Å². The zero-order valence-electron chi connectivity index (χ0n) is 40.1. The molecule has 6 unspecified atom stereocenters. The molecule has 0 aromatic heterocycles. The highest BCUT2D eigenvalue weighted by Crippen LogP contribution is 2.62. The number of nitrogens with one attached hydrogen (secondary N) is 1. The van der Waals surface area contributed by atoms with Crippen molar-refractivity contribution < 1.29 is 43.8 Å². The summed E-state index contributed by atoms with van der Waals surface area (Å²) in [5.74, 6) is -2.20. The number of oxime groups is 1. The van der Waals surface area contributed by atoms with Crippen molar-refractivity contribution in [2.45, 2.75) is 82.8 Å². The Morgan fingerprint density at radius 1 is 0.944 bits per heavy atom. The van der Waals surface area contributed by atoms with Gasteiger partial charge in [-0.15, -0.1) is 6.58 Å². The first-order valence-electron chi connectivity index (χ1n) is 24.6. The van der Waals surface area contributed by atoms with Crippen LogP contribution in [0.3, 0.4) is 0 Å². The fraction of sp³-hybridized carbons (Fsp3) is 0.351. The summed E-state index contributed by atoms with van der Waals surface area (Å²) in [6.45, 7) is 6.73. The summed E-state index contributed by atoms with van der Waals surface area (Å²) in [5.41, 5.74) is 4.62. The SMILES string of the molecule is C=CCOC12Oc3ccc(OC(=O)NCC)cc3C3C(CCCCO)C(CCCCO)C=C(C(=NOCc4ccccc4)CC1N(Cc1cccc4ccccc14)C(=O)C=Cc1ccc([N+](=O)[O-])cc1)C32. The molecule has 5 aromatic rings. The van der Waals surface area contributed by atoms with Gasteiger partial charge in [0.25, 0.3) is 5.69 Å². The van der Waals surface area contributed by atoms with Gasteiger partial charge in [0.2, 0.25) is 11.7 Å². The van der Waals surface area contributed by atoms with E-state index < -0.39 is 28.8 Å². The number of aliphatic hydroxyl groups is 2. The van der Waals surface area contributed by atoms with Crippen molar-refractivity contribution in [1.82, 2.24) is 10.2 Å². The number of ether oxygens (including phenoxy) is 3. The van der Waals surface area contributed by atoms with Crippen molar-refractivity contribution in [2.24, 2.45) is 22.9 Å². The number of hydrogen-bond acceptors (Lipinski definition) is 11. The molecule has 1 heterocycles. The molecular weight excluding hydrogens is 901 g/mol. The van der Waals surface area contributed by atoms with Crippen LogP contribution in [0.2, 0.25) is 0 Å². The molecule has 0 bridgehead atoms. The first-order valence-corrected chi connectivity index (χ1v) is 24.6. The average molecular weight is 963 g/mol. The van der Waals surface area contributed by atoms with Gasteiger partial charge in [-0.05, 0) is 114 Å². The number of benzene rings is 5. The largest absolute Gasteiger partial charge is 0.459 e. The molecule has 71 heavy (non-hydrogen) atoms. The standard InChI is InChI=1S/C57H62N4O10/c1-3-33-68-57-52(60(37-43-20-14-19-41-17-8-9-21-46(41)43)53(64)30-25-39-23-26-44(27-24-39)61(66)67)36-50(59-69-38-40-15-6-5-7-16-40)48-34-42(18-10-12-31-62)47(22-11-13-32-63)54(55(48)57)49-35-45(28-29-51(49)71-57)70-56(65)58-4-2/h3,5-9,14-17,19-21,23-30,34-35,42,47,52,54-55,62-63H,1,4,10-13,18,22,31-33,36-38H2,2H3,(H,58,65). The van der Waals surface area contributed by atoms with Crippen LogP contribution in [-0.2, 0) is 27.5 Å². The minimum atomic E-state index is -1.58. The Morgan fingerprint density at radius 3 is 2.44 bits per heavy atom. The third-order valence-corrected chi connectivity index (χ3v) is 13.8. The minimum Gasteiger partial charge on any atom is -0.459 e. The Hall–Kier alpha value is -7.13. The van der Waals surface area contributed by atoms with E-state index in [2.05, 4.69) is 18.0 Å². The van der Waals surface area contributed by atoms with Crippen molar-refractivity contribution in [2.75, 3.05) is 26.4 Å². The number of carbonyl (C=O) groups excluding carboxylic acids is 2. The summed E-state index contributed by atoms with van der Waals surface area (Å²) in [4.78, 5) is 47.5. The minimum absolute atomic E-state index is 0.0265. The summed E-state index contributed by atoms with van der Waals surface area (Å²) < 4.78 is 20.5. The zero-order valence-corrected chi connectivity index (χ0v) is 40.1. The summed E-state index contributed by atoms with van der Waals surface area (Å²) in [6, 6.07) is 34.3. The van der Waals surface area contributed by atoms with Crippen LogP contribution >= 0.6 is 0 Å². The maximum atomic E-state index is 15.5. The molecule has 14 nitrogen and oxygen atoms in total. The highest BCUT2D eigenvalue weighted by atomic mass is 16.7. The van der Waals surface area contributed by atoms with Crippen LogP contribution < -0.4 is 14.8 Å². The number of non-ortho nitro benzene ring substituents is 1. The second-order valence-electron chi connectivity index (χ2n) is 18.2. The van der Waals surface area contributed by atoms with Crippen LogP contribution in [0.1, 0.15) is 80.0 Å². The number of unbranched alkanes of at least 4 members (excludes halogenated alkanes) is 2. The lowest BCUT2D eigenvalue weighted by Gasteiger charge is -2.60. The second kappa shape index (κ2) is 23.7. The summed E-state index contributed by atoms with van der Waals surface area (Å²) >= 11 is 0. The normalized spacial score (nSPS) is 21.6. The first kappa shape index (κ1) is 50.3. The molecular formula is C57H62N4O10. The second-order valence-corrected chi connectivity index (χ2v) is 18.2. The lowest BCUT2D eigenvalue weighted by atomic mass is 9.55. The van der Waals surface area contributed by atoms with Gasteiger partial charge in [-0.1, -0.05) is 103 Å².